The highest BCUT2D eigenvalue weighted by molar-refractivity contribution is 5.93. The summed E-state index contributed by atoms with van der Waals surface area (Å²) in [6.45, 7) is 4.18. The van der Waals surface area contributed by atoms with E-state index in [2.05, 4.69) is 15.4 Å². The van der Waals surface area contributed by atoms with Gasteiger partial charge in [0.1, 0.15) is 5.69 Å². The number of carbonyl (C=O) groups is 1. The Labute approximate surface area is 145 Å². The second-order valence-electron chi connectivity index (χ2n) is 5.87. The number of aryl methyl sites for hydroxylation is 1. The first-order chi connectivity index (χ1) is 11.9. The zero-order valence-electron chi connectivity index (χ0n) is 14.5. The number of H-pyrrole nitrogens is 1. The third-order valence-electron chi connectivity index (χ3n) is 3.72. The van der Waals surface area contributed by atoms with E-state index in [4.69, 9.17) is 0 Å². The predicted octanol–water partition coefficient (Wildman–Crippen LogP) is 3.36. The highest BCUT2D eigenvalue weighted by Crippen LogP contribution is 2.17. The van der Waals surface area contributed by atoms with Gasteiger partial charge in [-0.3, -0.25) is 9.80 Å². The summed E-state index contributed by atoms with van der Waals surface area (Å²) in [7, 11) is 1.86. The molecule has 7 heteroatoms. The molecule has 5 nitrogen and oxygen atoms in total. The average Bonchev–Trinajstić information content (AvgIpc) is 2.65. The second-order valence-corrected chi connectivity index (χ2v) is 5.87. The van der Waals surface area contributed by atoms with E-state index in [1.807, 2.05) is 20.0 Å². The van der Waals surface area contributed by atoms with Crippen molar-refractivity contribution in [2.45, 2.75) is 26.3 Å². The van der Waals surface area contributed by atoms with Gasteiger partial charge in [0, 0.05) is 18.3 Å². The largest absolute Gasteiger partial charge is 0.355 e. The fraction of sp³-hybridized carbons (Fsp3) is 0.333. The number of nitrogens with one attached hydrogen (secondary N) is 2. The number of carbonyl (C=O) groups excluding carboxylic acids is 1. The molecule has 2 heterocycles. The third-order valence-corrected chi connectivity index (χ3v) is 3.72. The molecular formula is C18H22F2N4O. The van der Waals surface area contributed by atoms with Gasteiger partial charge in [-0.1, -0.05) is 24.3 Å². The van der Waals surface area contributed by atoms with Crippen molar-refractivity contribution in [3.05, 3.63) is 58.9 Å². The lowest BCUT2D eigenvalue weighted by Crippen LogP contribution is -2.36. The average molecular weight is 348 g/mol. The van der Waals surface area contributed by atoms with Gasteiger partial charge in [-0.15, -0.1) is 0 Å². The first kappa shape index (κ1) is 18.6. The Balaban J connectivity index is 2.21. The summed E-state index contributed by atoms with van der Waals surface area (Å²) in [5.74, 6) is -0.321. The molecule has 0 radical (unpaired) electrons. The summed E-state index contributed by atoms with van der Waals surface area (Å²) in [4.78, 5) is 15.4. The molecule has 0 saturated carbocycles. The number of hydrazone groups is 1. The molecule has 0 spiro atoms. The SMILES string of the molecule is Cc1cc(C(F)F)ccccc(C(=O)NC(C)C2=CCN(C)N=C2)[nH]1. The van der Waals surface area contributed by atoms with E-state index in [-0.39, 0.29) is 23.2 Å². The molecule has 0 aliphatic carbocycles. The van der Waals surface area contributed by atoms with E-state index >= 15 is 0 Å². The normalized spacial score (nSPS) is 14.8. The lowest BCUT2D eigenvalue weighted by atomic mass is 10.1. The first-order valence-corrected chi connectivity index (χ1v) is 7.95. The maximum absolute atomic E-state index is 12.9. The minimum absolute atomic E-state index is 0.114. The van der Waals surface area contributed by atoms with Crippen molar-refractivity contribution < 1.29 is 13.6 Å². The Hall–Kier alpha value is -2.70. The Morgan fingerprint density at radius 1 is 1.36 bits per heavy atom. The number of hydrogen-bond donors (Lipinski definition) is 2. The van der Waals surface area contributed by atoms with Gasteiger partial charge in [-0.2, -0.15) is 5.10 Å². The van der Waals surface area contributed by atoms with E-state index in [0.717, 1.165) is 5.57 Å². The van der Waals surface area contributed by atoms with Crippen LogP contribution >= 0.6 is 0 Å². The molecule has 2 N–H and O–H groups in total. The molecule has 1 aromatic heterocycles. The van der Waals surface area contributed by atoms with Gasteiger partial charge < -0.3 is 10.3 Å². The maximum Gasteiger partial charge on any atom is 0.268 e. The standard InChI is InChI=1S/C18H22F2N4O/c1-12-10-14(17(19)20)6-4-5-7-16(22-12)18(25)23-13(2)15-8-9-24(3)21-11-15/h4-8,10-11,13,17,22H,9H2,1-3H3,(H,23,25). The minimum Gasteiger partial charge on any atom is -0.355 e. The minimum atomic E-state index is -2.58. The van der Waals surface area contributed by atoms with Gasteiger partial charge in [-0.05, 0) is 31.6 Å². The summed E-state index contributed by atoms with van der Waals surface area (Å²) in [6.07, 6.45) is 1.13. The molecule has 1 aromatic rings. The van der Waals surface area contributed by atoms with Crippen molar-refractivity contribution in [3.8, 4) is 0 Å². The van der Waals surface area contributed by atoms with Crippen molar-refractivity contribution in [3.63, 3.8) is 0 Å². The lowest BCUT2D eigenvalue weighted by molar-refractivity contribution is 0.0941. The lowest BCUT2D eigenvalue weighted by Gasteiger charge is -2.20. The van der Waals surface area contributed by atoms with Crippen LogP contribution in [0.5, 0.6) is 0 Å². The zero-order chi connectivity index (χ0) is 18.4. The van der Waals surface area contributed by atoms with E-state index in [9.17, 15) is 13.6 Å². The van der Waals surface area contributed by atoms with Crippen LogP contribution in [0.2, 0.25) is 0 Å². The summed E-state index contributed by atoms with van der Waals surface area (Å²) < 4.78 is 25.8. The van der Waals surface area contributed by atoms with Crippen LogP contribution in [0.3, 0.4) is 0 Å². The number of halogens is 2. The molecule has 1 aliphatic rings. The van der Waals surface area contributed by atoms with Crippen molar-refractivity contribution in [2.75, 3.05) is 13.6 Å². The van der Waals surface area contributed by atoms with Gasteiger partial charge in [0.25, 0.3) is 12.3 Å². The number of hydrogen-bond acceptors (Lipinski definition) is 3. The Morgan fingerprint density at radius 3 is 2.72 bits per heavy atom. The molecule has 1 atom stereocenters. The van der Waals surface area contributed by atoms with Crippen molar-refractivity contribution in [1.29, 1.82) is 0 Å². The van der Waals surface area contributed by atoms with Gasteiger partial charge in [0.15, 0.2) is 0 Å². The second kappa shape index (κ2) is 8.41. The quantitative estimate of drug-likeness (QED) is 0.876. The molecule has 0 saturated heterocycles. The van der Waals surface area contributed by atoms with Crippen molar-refractivity contribution >= 4 is 12.1 Å². The fourth-order valence-electron chi connectivity index (χ4n) is 2.32. The molecule has 1 unspecified atom stereocenters. The number of rotatable bonds is 4. The zero-order valence-corrected chi connectivity index (χ0v) is 14.5. The van der Waals surface area contributed by atoms with Crippen LogP contribution in [0, 0.1) is 6.92 Å². The Morgan fingerprint density at radius 2 is 2.08 bits per heavy atom. The first-order valence-electron chi connectivity index (χ1n) is 7.95. The number of aromatic nitrogens is 1. The Kier molecular flexibility index (Phi) is 6.27. The molecule has 25 heavy (non-hydrogen) atoms. The van der Waals surface area contributed by atoms with Crippen LogP contribution < -0.4 is 5.32 Å². The van der Waals surface area contributed by atoms with Crippen LogP contribution in [0.25, 0.3) is 0 Å². The van der Waals surface area contributed by atoms with Gasteiger partial charge >= 0.3 is 0 Å². The van der Waals surface area contributed by atoms with E-state index in [0.29, 0.717) is 12.2 Å². The van der Waals surface area contributed by atoms with Crippen LogP contribution in [0.1, 0.15) is 35.1 Å². The van der Waals surface area contributed by atoms with Crippen molar-refractivity contribution in [2.24, 2.45) is 5.10 Å². The molecule has 0 bridgehead atoms. The monoisotopic (exact) mass is 348 g/mol. The highest BCUT2D eigenvalue weighted by Gasteiger charge is 2.14. The van der Waals surface area contributed by atoms with Gasteiger partial charge in [0.05, 0.1) is 18.8 Å². The number of likely N-dealkylation sites (N-methyl/N-ethyl adjacent to an activating group) is 1. The summed E-state index contributed by atoms with van der Waals surface area (Å²) in [6, 6.07) is 7.04. The van der Waals surface area contributed by atoms with Gasteiger partial charge in [-0.25, -0.2) is 8.78 Å². The topological polar surface area (TPSA) is 60.5 Å². The molecule has 0 fully saturated rings. The molecule has 2 rings (SSSR count). The number of aromatic amines is 1. The fourth-order valence-corrected chi connectivity index (χ4v) is 2.32. The van der Waals surface area contributed by atoms with Gasteiger partial charge in [0.2, 0.25) is 0 Å². The molecule has 134 valence electrons. The smallest absolute Gasteiger partial charge is 0.268 e. The van der Waals surface area contributed by atoms with E-state index in [1.165, 1.54) is 18.2 Å². The third kappa shape index (κ3) is 5.41. The predicted molar refractivity (Wildman–Crippen MR) is 94.2 cm³/mol. The molecular weight excluding hydrogens is 326 g/mol. The highest BCUT2D eigenvalue weighted by atomic mass is 19.3. The maximum atomic E-state index is 12.9. The van der Waals surface area contributed by atoms with Crippen LogP contribution in [0.4, 0.5) is 8.78 Å². The number of alkyl halides is 2. The Bertz CT molecular complexity index is 738. The van der Waals surface area contributed by atoms with E-state index in [1.54, 1.807) is 30.3 Å². The van der Waals surface area contributed by atoms with Crippen LogP contribution in [-0.4, -0.2) is 41.7 Å². The molecule has 1 aliphatic heterocycles. The van der Waals surface area contributed by atoms with Crippen molar-refractivity contribution in [1.82, 2.24) is 15.3 Å². The molecule has 0 aromatic carbocycles. The van der Waals surface area contributed by atoms with Crippen LogP contribution in [0.15, 0.2) is 47.1 Å². The summed E-state index contributed by atoms with van der Waals surface area (Å²) in [5.41, 5.74) is 1.55. The molecule has 1 amide bonds. The number of amides is 1. The van der Waals surface area contributed by atoms with Crippen LogP contribution in [-0.2, 0) is 0 Å². The summed E-state index contributed by atoms with van der Waals surface area (Å²) >= 11 is 0. The van der Waals surface area contributed by atoms with E-state index < -0.39 is 6.43 Å². The number of nitrogens with zero attached hydrogens (tertiary/aromatic N) is 2. The summed E-state index contributed by atoms with van der Waals surface area (Å²) in [5, 5.41) is 8.86.